The van der Waals surface area contributed by atoms with E-state index in [-0.39, 0.29) is 17.9 Å². The van der Waals surface area contributed by atoms with Gasteiger partial charge in [0.05, 0.1) is 19.0 Å². The molecule has 1 heterocycles. The van der Waals surface area contributed by atoms with Gasteiger partial charge in [-0.3, -0.25) is 4.79 Å². The minimum absolute atomic E-state index is 0.0294. The van der Waals surface area contributed by atoms with Crippen molar-refractivity contribution in [3.05, 3.63) is 54.1 Å². The van der Waals surface area contributed by atoms with E-state index in [0.29, 0.717) is 18.5 Å². The summed E-state index contributed by atoms with van der Waals surface area (Å²) in [5, 5.41) is 2.87. The van der Waals surface area contributed by atoms with E-state index in [9.17, 15) is 9.59 Å². The van der Waals surface area contributed by atoms with Crippen molar-refractivity contribution in [2.24, 2.45) is 0 Å². The highest BCUT2D eigenvalue weighted by Gasteiger charge is 2.10. The van der Waals surface area contributed by atoms with Crippen molar-refractivity contribution in [3.8, 4) is 0 Å². The van der Waals surface area contributed by atoms with Crippen LogP contribution in [0.3, 0.4) is 0 Å². The van der Waals surface area contributed by atoms with Crippen LogP contribution < -0.4 is 5.32 Å². The first-order valence-corrected chi connectivity index (χ1v) is 7.01. The monoisotopic (exact) mass is 301 g/mol. The van der Waals surface area contributed by atoms with Gasteiger partial charge in [0.2, 0.25) is 5.91 Å². The summed E-state index contributed by atoms with van der Waals surface area (Å²) >= 11 is 0. The second-order valence-electron chi connectivity index (χ2n) is 5.03. The largest absolute Gasteiger partial charge is 0.465 e. The smallest absolute Gasteiger partial charge is 0.337 e. The van der Waals surface area contributed by atoms with Gasteiger partial charge in [-0.2, -0.15) is 0 Å². The van der Waals surface area contributed by atoms with Gasteiger partial charge in [-0.25, -0.2) is 9.78 Å². The average molecular weight is 301 g/mol. The van der Waals surface area contributed by atoms with Crippen LogP contribution in [0.2, 0.25) is 0 Å². The van der Waals surface area contributed by atoms with E-state index in [4.69, 9.17) is 0 Å². The number of carbonyl (C=O) groups excluding carboxylic acids is 2. The van der Waals surface area contributed by atoms with Crippen molar-refractivity contribution < 1.29 is 14.3 Å². The van der Waals surface area contributed by atoms with Crippen LogP contribution in [0.15, 0.2) is 43.0 Å². The van der Waals surface area contributed by atoms with Gasteiger partial charge in [0.15, 0.2) is 0 Å². The Bertz CT molecular complexity index is 621. The zero-order valence-electron chi connectivity index (χ0n) is 12.7. The molecule has 1 aromatic carbocycles. The number of imidazole rings is 1. The summed E-state index contributed by atoms with van der Waals surface area (Å²) < 4.78 is 6.53. The minimum Gasteiger partial charge on any atom is -0.465 e. The molecule has 1 amide bonds. The Morgan fingerprint density at radius 3 is 2.64 bits per heavy atom. The number of nitrogens with one attached hydrogen (secondary N) is 1. The molecule has 0 radical (unpaired) electrons. The van der Waals surface area contributed by atoms with Gasteiger partial charge < -0.3 is 14.6 Å². The fraction of sp³-hybridized carbons (Fsp3) is 0.312. The number of rotatable bonds is 6. The first-order valence-electron chi connectivity index (χ1n) is 7.01. The predicted molar refractivity (Wildman–Crippen MR) is 81.2 cm³/mol. The third kappa shape index (κ3) is 4.18. The molecule has 1 N–H and O–H groups in total. The second-order valence-corrected chi connectivity index (χ2v) is 5.03. The molecule has 0 aliphatic heterocycles. The lowest BCUT2D eigenvalue weighted by Gasteiger charge is -2.13. The Morgan fingerprint density at radius 2 is 2.05 bits per heavy atom. The first-order chi connectivity index (χ1) is 10.6. The number of ether oxygens (including phenoxy) is 1. The number of amides is 1. The lowest BCUT2D eigenvalue weighted by atomic mass is 10.1. The van der Waals surface area contributed by atoms with E-state index >= 15 is 0 Å². The molecule has 0 saturated heterocycles. The fourth-order valence-electron chi connectivity index (χ4n) is 2.05. The molecule has 1 atom stereocenters. The molecule has 2 rings (SSSR count). The standard InChI is InChI=1S/C16H19N3O3/c1-12(19-8-7-17-11-19)9-15(20)18-10-13-3-5-14(6-4-13)16(21)22-2/h3-8,11-12H,9-10H2,1-2H3,(H,18,20). The Hall–Kier alpha value is -2.63. The highest BCUT2D eigenvalue weighted by molar-refractivity contribution is 5.89. The molecule has 0 aliphatic rings. The highest BCUT2D eigenvalue weighted by Crippen LogP contribution is 2.10. The molecule has 6 nitrogen and oxygen atoms in total. The van der Waals surface area contributed by atoms with E-state index in [1.807, 2.05) is 17.7 Å². The predicted octanol–water partition coefficient (Wildman–Crippen LogP) is 1.94. The second kappa shape index (κ2) is 7.40. The van der Waals surface area contributed by atoms with E-state index in [1.165, 1.54) is 7.11 Å². The molecule has 0 fully saturated rings. The van der Waals surface area contributed by atoms with Crippen LogP contribution in [0, 0.1) is 0 Å². The molecule has 1 aromatic heterocycles. The van der Waals surface area contributed by atoms with Gasteiger partial charge in [-0.1, -0.05) is 12.1 Å². The average Bonchev–Trinajstić information content (AvgIpc) is 3.07. The lowest BCUT2D eigenvalue weighted by Crippen LogP contribution is -2.25. The Balaban J connectivity index is 1.82. The van der Waals surface area contributed by atoms with Crippen molar-refractivity contribution in [2.75, 3.05) is 7.11 Å². The third-order valence-electron chi connectivity index (χ3n) is 3.38. The van der Waals surface area contributed by atoms with E-state index in [0.717, 1.165) is 5.56 Å². The van der Waals surface area contributed by atoms with Crippen LogP contribution in [0.1, 0.15) is 35.3 Å². The summed E-state index contributed by atoms with van der Waals surface area (Å²) in [6.45, 7) is 2.39. The highest BCUT2D eigenvalue weighted by atomic mass is 16.5. The summed E-state index contributed by atoms with van der Waals surface area (Å²) in [6.07, 6.45) is 5.61. The maximum Gasteiger partial charge on any atom is 0.337 e. The molecule has 0 aliphatic carbocycles. The van der Waals surface area contributed by atoms with Crippen molar-refractivity contribution in [1.29, 1.82) is 0 Å². The van der Waals surface area contributed by atoms with Crippen molar-refractivity contribution >= 4 is 11.9 Å². The molecule has 22 heavy (non-hydrogen) atoms. The topological polar surface area (TPSA) is 73.2 Å². The molecule has 1 unspecified atom stereocenters. The maximum atomic E-state index is 11.9. The molecular weight excluding hydrogens is 282 g/mol. The van der Waals surface area contributed by atoms with Crippen LogP contribution in [-0.2, 0) is 16.1 Å². The molecule has 116 valence electrons. The first kappa shape index (κ1) is 15.8. The number of hydrogen-bond donors (Lipinski definition) is 1. The van der Waals surface area contributed by atoms with Gasteiger partial charge >= 0.3 is 5.97 Å². The Morgan fingerprint density at radius 1 is 1.32 bits per heavy atom. The summed E-state index contributed by atoms with van der Waals surface area (Å²) in [7, 11) is 1.35. The number of carbonyl (C=O) groups is 2. The van der Waals surface area contributed by atoms with Gasteiger partial charge in [0, 0.05) is 31.4 Å². The third-order valence-corrected chi connectivity index (χ3v) is 3.38. The lowest BCUT2D eigenvalue weighted by molar-refractivity contribution is -0.121. The van der Waals surface area contributed by atoms with Gasteiger partial charge in [0.1, 0.15) is 0 Å². The van der Waals surface area contributed by atoms with Crippen LogP contribution in [0.25, 0.3) is 0 Å². The van der Waals surface area contributed by atoms with Crippen molar-refractivity contribution in [3.63, 3.8) is 0 Å². The van der Waals surface area contributed by atoms with E-state index in [1.54, 1.807) is 36.8 Å². The number of methoxy groups -OCH3 is 1. The van der Waals surface area contributed by atoms with Crippen LogP contribution in [0.5, 0.6) is 0 Å². The normalized spacial score (nSPS) is 11.7. The Labute approximate surface area is 129 Å². The van der Waals surface area contributed by atoms with Gasteiger partial charge in [0.25, 0.3) is 0 Å². The Kier molecular flexibility index (Phi) is 5.30. The van der Waals surface area contributed by atoms with E-state index in [2.05, 4.69) is 15.0 Å². The van der Waals surface area contributed by atoms with E-state index < -0.39 is 0 Å². The summed E-state index contributed by atoms with van der Waals surface area (Å²) in [5.74, 6) is -0.400. The molecule has 0 bridgehead atoms. The van der Waals surface area contributed by atoms with Crippen molar-refractivity contribution in [1.82, 2.24) is 14.9 Å². The van der Waals surface area contributed by atoms with Gasteiger partial charge in [-0.05, 0) is 24.6 Å². The molecular formula is C16H19N3O3. The zero-order chi connectivity index (χ0) is 15.9. The maximum absolute atomic E-state index is 11.9. The number of benzene rings is 1. The molecule has 2 aromatic rings. The fourth-order valence-corrected chi connectivity index (χ4v) is 2.05. The molecule has 0 saturated carbocycles. The summed E-state index contributed by atoms with van der Waals surface area (Å²) in [4.78, 5) is 27.2. The van der Waals surface area contributed by atoms with Crippen LogP contribution in [0.4, 0.5) is 0 Å². The van der Waals surface area contributed by atoms with Crippen molar-refractivity contribution in [2.45, 2.75) is 25.9 Å². The zero-order valence-corrected chi connectivity index (χ0v) is 12.7. The number of esters is 1. The van der Waals surface area contributed by atoms with Crippen LogP contribution >= 0.6 is 0 Å². The molecule has 6 heteroatoms. The summed E-state index contributed by atoms with van der Waals surface area (Å²) in [5.41, 5.74) is 1.42. The minimum atomic E-state index is -0.371. The van der Waals surface area contributed by atoms with Crippen LogP contribution in [-0.4, -0.2) is 28.5 Å². The SMILES string of the molecule is COC(=O)c1ccc(CNC(=O)CC(C)n2ccnc2)cc1. The molecule has 0 spiro atoms. The summed E-state index contributed by atoms with van der Waals surface area (Å²) in [6, 6.07) is 7.02. The number of nitrogens with zero attached hydrogens (tertiary/aromatic N) is 2. The number of hydrogen-bond acceptors (Lipinski definition) is 4. The number of aromatic nitrogens is 2. The quantitative estimate of drug-likeness (QED) is 0.828. The van der Waals surface area contributed by atoms with Gasteiger partial charge in [-0.15, -0.1) is 0 Å².